The second-order valence-electron chi connectivity index (χ2n) is 11.3. The number of ether oxygens (including phenoxy) is 5. The Hall–Kier alpha value is -2.23. The van der Waals surface area contributed by atoms with Gasteiger partial charge in [-0.1, -0.05) is 0 Å². The number of rotatable bonds is 9. The van der Waals surface area contributed by atoms with E-state index in [1.807, 2.05) is 0 Å². The van der Waals surface area contributed by atoms with E-state index in [1.165, 1.54) is 6.92 Å². The van der Waals surface area contributed by atoms with E-state index in [0.717, 1.165) is 6.92 Å². The van der Waals surface area contributed by atoms with E-state index in [0.29, 0.717) is 0 Å². The van der Waals surface area contributed by atoms with Crippen LogP contribution in [0.25, 0.3) is 0 Å². The molecule has 18 nitrogen and oxygen atoms in total. The van der Waals surface area contributed by atoms with E-state index in [-0.39, 0.29) is 6.02 Å². The summed E-state index contributed by atoms with van der Waals surface area (Å²) in [4.78, 5) is 30.0. The Morgan fingerprint density at radius 2 is 1.33 bits per heavy atom. The lowest BCUT2D eigenvalue weighted by Gasteiger charge is -2.48. The summed E-state index contributed by atoms with van der Waals surface area (Å²) in [5.74, 6) is -1.96. The van der Waals surface area contributed by atoms with Gasteiger partial charge in [0.05, 0.1) is 25.9 Å². The van der Waals surface area contributed by atoms with Crippen LogP contribution in [0.4, 0.5) is 0 Å². The second-order valence-corrected chi connectivity index (χ2v) is 11.3. The summed E-state index contributed by atoms with van der Waals surface area (Å²) in [6, 6.07) is -3.10. The van der Waals surface area contributed by atoms with E-state index in [4.69, 9.17) is 23.7 Å². The number of carbonyl (C=O) groups is 2. The third-order valence-electron chi connectivity index (χ3n) is 8.02. The fraction of sp³-hybridized carbons (Fsp3) is 0.880. The molecule has 43 heavy (non-hydrogen) atoms. The molecule has 2 saturated heterocycles. The van der Waals surface area contributed by atoms with Crippen LogP contribution in [0.15, 0.2) is 4.99 Å². The molecule has 0 aromatic carbocycles. The SMILES string of the molecule is CC(=O)N[C@H]1[C@H](O[C@H]2[C@@H](O)[C@@H](NC(C)=O)[C@H](O[C@H]3[C@H](O)[C@H]4OC(N(C)C)=N[C@H]4[C@@H]3CO)O[C@@H]2CO)O[C@H](CO)[C@@H](O)[C@H]1O. The number of amides is 2. The third-order valence-corrected chi connectivity index (χ3v) is 8.02. The van der Waals surface area contributed by atoms with E-state index < -0.39 is 123 Å². The normalized spacial score (nSPS) is 44.3. The molecule has 246 valence electrons. The molecule has 0 radical (unpaired) electrons. The molecule has 0 unspecified atom stereocenters. The summed E-state index contributed by atoms with van der Waals surface area (Å²) < 4.78 is 29.2. The Morgan fingerprint density at radius 3 is 1.84 bits per heavy atom. The van der Waals surface area contributed by atoms with Crippen LogP contribution in [-0.4, -0.2) is 178 Å². The van der Waals surface area contributed by atoms with E-state index in [2.05, 4.69) is 15.6 Å². The van der Waals surface area contributed by atoms with Crippen molar-refractivity contribution in [3.63, 3.8) is 0 Å². The number of carbonyl (C=O) groups excluding carboxylic acids is 2. The topological polar surface area (TPSA) is 262 Å². The molecule has 3 aliphatic heterocycles. The summed E-state index contributed by atoms with van der Waals surface area (Å²) in [5, 5.41) is 78.3. The van der Waals surface area contributed by atoms with Gasteiger partial charge in [0.15, 0.2) is 18.7 Å². The van der Waals surface area contributed by atoms with Crippen molar-refractivity contribution >= 4 is 17.8 Å². The molecule has 3 heterocycles. The highest BCUT2D eigenvalue weighted by Crippen LogP contribution is 2.39. The van der Waals surface area contributed by atoms with Gasteiger partial charge in [0, 0.05) is 33.9 Å². The minimum absolute atomic E-state index is 0.273. The van der Waals surface area contributed by atoms with Crippen LogP contribution in [0.1, 0.15) is 13.8 Å². The van der Waals surface area contributed by atoms with E-state index in [9.17, 15) is 45.3 Å². The Kier molecular flexibility index (Phi) is 10.8. The van der Waals surface area contributed by atoms with Crippen molar-refractivity contribution in [2.45, 2.75) is 99.5 Å². The largest absolute Gasteiger partial charge is 0.457 e. The molecule has 4 aliphatic rings. The van der Waals surface area contributed by atoms with Crippen LogP contribution >= 0.6 is 0 Å². The van der Waals surface area contributed by atoms with Gasteiger partial charge in [0.25, 0.3) is 6.02 Å². The number of aliphatic hydroxyl groups is 7. The van der Waals surface area contributed by atoms with Crippen LogP contribution in [0.3, 0.4) is 0 Å². The first kappa shape index (κ1) is 33.7. The molecule has 2 amide bonds. The monoisotopic (exact) mass is 622 g/mol. The van der Waals surface area contributed by atoms with Crippen molar-refractivity contribution in [2.24, 2.45) is 10.9 Å². The maximum atomic E-state index is 12.2. The van der Waals surface area contributed by atoms with Crippen LogP contribution in [-0.2, 0) is 33.3 Å². The van der Waals surface area contributed by atoms with Gasteiger partial charge in [-0.2, -0.15) is 0 Å². The predicted octanol–water partition coefficient (Wildman–Crippen LogP) is -6.05. The Balaban J connectivity index is 1.57. The first-order valence-corrected chi connectivity index (χ1v) is 14.0. The van der Waals surface area contributed by atoms with Gasteiger partial charge in [-0.3, -0.25) is 9.59 Å². The van der Waals surface area contributed by atoms with Gasteiger partial charge >= 0.3 is 0 Å². The van der Waals surface area contributed by atoms with Crippen molar-refractivity contribution in [3.05, 3.63) is 0 Å². The molecule has 1 aliphatic carbocycles. The minimum Gasteiger partial charge on any atom is -0.457 e. The lowest BCUT2D eigenvalue weighted by atomic mass is 9.94. The lowest BCUT2D eigenvalue weighted by Crippen LogP contribution is -2.69. The molecule has 0 spiro atoms. The smallest absolute Gasteiger partial charge is 0.287 e. The van der Waals surface area contributed by atoms with Crippen molar-refractivity contribution in [1.82, 2.24) is 15.5 Å². The van der Waals surface area contributed by atoms with Gasteiger partial charge in [-0.05, 0) is 0 Å². The van der Waals surface area contributed by atoms with Gasteiger partial charge in [-0.25, -0.2) is 4.99 Å². The zero-order chi connectivity index (χ0) is 31.7. The second kappa shape index (κ2) is 13.8. The molecule has 9 N–H and O–H groups in total. The molecule has 0 aromatic rings. The Bertz CT molecular complexity index is 1020. The number of aliphatic hydroxyl groups excluding tert-OH is 7. The van der Waals surface area contributed by atoms with Gasteiger partial charge in [0.1, 0.15) is 60.9 Å². The molecular weight excluding hydrogens is 580 g/mol. The molecule has 3 fully saturated rings. The predicted molar refractivity (Wildman–Crippen MR) is 141 cm³/mol. The standard InChI is InChI=1S/C25H42N4O14/c1-8(33)26-14-17(36)16(35)11(6-31)39-23(14)42-21-12(7-32)40-24(15(18(21)37)27-9(2)34)41-20-10(5-30)13-22(19(20)38)43-25(28-13)29(3)4/h10-24,30-32,35-38H,5-7H2,1-4H3,(H,26,33)(H,27,34)/t10-,11+,12+,13-,14+,15+,16+,17-,18-,19-,20+,21+,22-,23-,24-/m0/s1. The fourth-order valence-corrected chi connectivity index (χ4v) is 5.92. The summed E-state index contributed by atoms with van der Waals surface area (Å²) >= 11 is 0. The molecule has 0 bridgehead atoms. The molecule has 1 saturated carbocycles. The summed E-state index contributed by atoms with van der Waals surface area (Å²) in [5.41, 5.74) is 0. The highest BCUT2D eigenvalue weighted by Gasteiger charge is 2.58. The summed E-state index contributed by atoms with van der Waals surface area (Å²) in [7, 11) is 3.42. The van der Waals surface area contributed by atoms with Crippen LogP contribution in [0.5, 0.6) is 0 Å². The number of aliphatic imine (C=N–C) groups is 1. The van der Waals surface area contributed by atoms with Crippen molar-refractivity contribution in [2.75, 3.05) is 33.9 Å². The van der Waals surface area contributed by atoms with Crippen LogP contribution in [0, 0.1) is 5.92 Å². The van der Waals surface area contributed by atoms with Crippen LogP contribution in [0.2, 0.25) is 0 Å². The zero-order valence-corrected chi connectivity index (χ0v) is 24.2. The van der Waals surface area contributed by atoms with Crippen molar-refractivity contribution < 1.29 is 69.0 Å². The maximum Gasteiger partial charge on any atom is 0.287 e. The van der Waals surface area contributed by atoms with Gasteiger partial charge in [-0.15, -0.1) is 0 Å². The molecule has 0 aromatic heterocycles. The average Bonchev–Trinajstić information content (AvgIpc) is 3.49. The number of fused-ring (bicyclic) bond motifs is 1. The van der Waals surface area contributed by atoms with Crippen molar-refractivity contribution in [1.29, 1.82) is 0 Å². The average molecular weight is 623 g/mol. The number of nitrogens with zero attached hydrogens (tertiary/aromatic N) is 2. The highest BCUT2D eigenvalue weighted by atomic mass is 16.7. The van der Waals surface area contributed by atoms with E-state index in [1.54, 1.807) is 19.0 Å². The zero-order valence-electron chi connectivity index (χ0n) is 24.2. The number of hydrogen-bond donors (Lipinski definition) is 9. The van der Waals surface area contributed by atoms with Crippen molar-refractivity contribution in [3.8, 4) is 0 Å². The maximum absolute atomic E-state index is 12.2. The Labute approximate surface area is 247 Å². The van der Waals surface area contributed by atoms with E-state index >= 15 is 0 Å². The minimum atomic E-state index is -1.67. The quantitative estimate of drug-likeness (QED) is 0.116. The molecule has 15 atom stereocenters. The number of nitrogens with one attached hydrogen (secondary N) is 2. The number of amidine groups is 1. The number of hydrogen-bond acceptors (Lipinski definition) is 16. The fourth-order valence-electron chi connectivity index (χ4n) is 5.92. The molecule has 18 heteroatoms. The summed E-state index contributed by atoms with van der Waals surface area (Å²) in [6.07, 6.45) is -15.3. The Morgan fingerprint density at radius 1 is 0.791 bits per heavy atom. The molecule has 4 rings (SSSR count). The molecular formula is C25H42N4O14. The van der Waals surface area contributed by atoms with Gasteiger partial charge < -0.3 is 75.0 Å². The first-order chi connectivity index (χ1) is 20.3. The van der Waals surface area contributed by atoms with Gasteiger partial charge in [0.2, 0.25) is 11.8 Å². The highest BCUT2D eigenvalue weighted by molar-refractivity contribution is 5.76. The lowest BCUT2D eigenvalue weighted by molar-refractivity contribution is -0.339. The summed E-state index contributed by atoms with van der Waals surface area (Å²) in [6.45, 7) is 0.414. The van der Waals surface area contributed by atoms with Crippen LogP contribution < -0.4 is 10.6 Å². The third kappa shape index (κ3) is 6.74. The first-order valence-electron chi connectivity index (χ1n) is 14.0.